The van der Waals surface area contributed by atoms with Crippen molar-refractivity contribution >= 4 is 26.7 Å². The van der Waals surface area contributed by atoms with Crippen LogP contribution >= 0.6 is 0 Å². The number of benzene rings is 3. The Morgan fingerprint density at radius 3 is 2.19 bits per heavy atom. The molecular weight excluding hydrogens is 420 g/mol. The minimum atomic E-state index is -3.57. The minimum Gasteiger partial charge on any atom is -0.346 e. The highest BCUT2D eigenvalue weighted by atomic mass is 32.2. The average molecular weight is 449 g/mol. The molecule has 2 aliphatic rings. The predicted octanol–water partition coefficient (Wildman–Crippen LogP) is 4.44. The molecule has 0 radical (unpaired) electrons. The van der Waals surface area contributed by atoms with E-state index >= 15 is 0 Å². The van der Waals surface area contributed by atoms with Crippen molar-refractivity contribution in [2.24, 2.45) is 5.92 Å². The van der Waals surface area contributed by atoms with Crippen LogP contribution in [0.2, 0.25) is 0 Å². The highest BCUT2D eigenvalue weighted by Gasteiger charge is 2.42. The molecule has 0 unspecified atom stereocenters. The van der Waals surface area contributed by atoms with Gasteiger partial charge in [-0.3, -0.25) is 4.79 Å². The lowest BCUT2D eigenvalue weighted by atomic mass is 9.71. The molecule has 32 heavy (non-hydrogen) atoms. The first-order chi connectivity index (χ1) is 15.5. The smallest absolute Gasteiger partial charge is 0.243 e. The van der Waals surface area contributed by atoms with Crippen LogP contribution in [-0.4, -0.2) is 31.7 Å². The van der Waals surface area contributed by atoms with Gasteiger partial charge in [0, 0.05) is 19.0 Å². The van der Waals surface area contributed by atoms with E-state index in [1.165, 1.54) is 4.31 Å². The molecule has 3 aromatic rings. The van der Waals surface area contributed by atoms with E-state index in [1.807, 2.05) is 48.5 Å². The van der Waals surface area contributed by atoms with Crippen molar-refractivity contribution < 1.29 is 13.2 Å². The van der Waals surface area contributed by atoms with Crippen LogP contribution in [0.5, 0.6) is 0 Å². The van der Waals surface area contributed by atoms with Gasteiger partial charge in [0.15, 0.2) is 0 Å². The molecule has 1 amide bonds. The third kappa shape index (κ3) is 3.82. The van der Waals surface area contributed by atoms with Crippen molar-refractivity contribution in [1.29, 1.82) is 0 Å². The van der Waals surface area contributed by atoms with Gasteiger partial charge in [-0.05, 0) is 60.6 Å². The Kier molecular flexibility index (Phi) is 5.51. The third-order valence-electron chi connectivity index (χ3n) is 7.08. The SMILES string of the molecule is O=C(NC1(c2ccccc2)CCC1)C1CCN(S(=O)(=O)c2ccc3ccccc3c2)CC1. The van der Waals surface area contributed by atoms with Gasteiger partial charge in [0.2, 0.25) is 15.9 Å². The van der Waals surface area contributed by atoms with Gasteiger partial charge >= 0.3 is 0 Å². The van der Waals surface area contributed by atoms with Crippen LogP contribution in [0.15, 0.2) is 77.7 Å². The van der Waals surface area contributed by atoms with Crippen LogP contribution in [-0.2, 0) is 20.4 Å². The summed E-state index contributed by atoms with van der Waals surface area (Å²) >= 11 is 0. The standard InChI is InChI=1S/C26H28N2O3S/c29-25(27-26(15-6-16-26)23-9-2-1-3-10-23)21-13-17-28(18-14-21)32(30,31)24-12-11-20-7-4-5-8-22(20)19-24/h1-5,7-12,19,21H,6,13-18H2,(H,27,29). The molecule has 3 aromatic carbocycles. The van der Waals surface area contributed by atoms with Crippen molar-refractivity contribution in [2.45, 2.75) is 42.5 Å². The van der Waals surface area contributed by atoms with Crippen molar-refractivity contribution in [2.75, 3.05) is 13.1 Å². The largest absolute Gasteiger partial charge is 0.346 e. The maximum atomic E-state index is 13.2. The fourth-order valence-electron chi connectivity index (χ4n) is 4.95. The highest BCUT2D eigenvalue weighted by Crippen LogP contribution is 2.41. The summed E-state index contributed by atoms with van der Waals surface area (Å²) in [5, 5.41) is 5.24. The van der Waals surface area contributed by atoms with Crippen LogP contribution in [0.25, 0.3) is 10.8 Å². The summed E-state index contributed by atoms with van der Waals surface area (Å²) in [6, 6.07) is 23.2. The lowest BCUT2D eigenvalue weighted by Crippen LogP contribution is -2.53. The Bertz CT molecular complexity index is 1230. The van der Waals surface area contributed by atoms with Gasteiger partial charge in [-0.1, -0.05) is 60.7 Å². The first-order valence-electron chi connectivity index (χ1n) is 11.3. The summed E-state index contributed by atoms with van der Waals surface area (Å²) in [4.78, 5) is 13.4. The van der Waals surface area contributed by atoms with Gasteiger partial charge in [-0.15, -0.1) is 0 Å². The van der Waals surface area contributed by atoms with Gasteiger partial charge in [0.25, 0.3) is 0 Å². The van der Waals surface area contributed by atoms with Crippen molar-refractivity contribution in [1.82, 2.24) is 9.62 Å². The molecule has 166 valence electrons. The number of hydrogen-bond donors (Lipinski definition) is 1. The molecule has 1 aliphatic heterocycles. The molecule has 6 heteroatoms. The zero-order chi connectivity index (χ0) is 22.2. The molecule has 1 N–H and O–H groups in total. The lowest BCUT2D eigenvalue weighted by Gasteiger charge is -2.44. The molecule has 1 aliphatic carbocycles. The number of rotatable bonds is 5. The molecule has 1 heterocycles. The summed E-state index contributed by atoms with van der Waals surface area (Å²) < 4.78 is 27.9. The van der Waals surface area contributed by atoms with E-state index in [1.54, 1.807) is 12.1 Å². The van der Waals surface area contributed by atoms with Gasteiger partial charge < -0.3 is 5.32 Å². The second-order valence-corrected chi connectivity index (χ2v) is 10.9. The van der Waals surface area contributed by atoms with Crippen LogP contribution < -0.4 is 5.32 Å². The first-order valence-corrected chi connectivity index (χ1v) is 12.8. The molecule has 0 bridgehead atoms. The molecule has 5 nitrogen and oxygen atoms in total. The fourth-order valence-corrected chi connectivity index (χ4v) is 6.45. The molecule has 1 saturated heterocycles. The van der Waals surface area contributed by atoms with E-state index in [-0.39, 0.29) is 17.4 Å². The quantitative estimate of drug-likeness (QED) is 0.628. The normalized spacial score (nSPS) is 19.4. The monoisotopic (exact) mass is 448 g/mol. The lowest BCUT2D eigenvalue weighted by molar-refractivity contribution is -0.129. The Labute approximate surface area is 189 Å². The number of nitrogens with zero attached hydrogens (tertiary/aromatic N) is 1. The van der Waals surface area contributed by atoms with E-state index < -0.39 is 10.0 Å². The van der Waals surface area contributed by atoms with E-state index in [9.17, 15) is 13.2 Å². The van der Waals surface area contributed by atoms with Crippen LogP contribution in [0, 0.1) is 5.92 Å². The molecule has 0 atom stereocenters. The topological polar surface area (TPSA) is 66.5 Å². The maximum Gasteiger partial charge on any atom is 0.243 e. The zero-order valence-corrected chi connectivity index (χ0v) is 18.9. The van der Waals surface area contributed by atoms with Crippen LogP contribution in [0.1, 0.15) is 37.7 Å². The van der Waals surface area contributed by atoms with E-state index in [0.717, 1.165) is 35.6 Å². The van der Waals surface area contributed by atoms with Gasteiger partial charge in [-0.25, -0.2) is 8.42 Å². The Balaban J connectivity index is 1.25. The first kappa shape index (κ1) is 21.2. The van der Waals surface area contributed by atoms with Crippen molar-refractivity contribution in [3.8, 4) is 0 Å². The summed E-state index contributed by atoms with van der Waals surface area (Å²) in [5.74, 6) is -0.101. The molecule has 0 aromatic heterocycles. The van der Waals surface area contributed by atoms with Crippen LogP contribution in [0.4, 0.5) is 0 Å². The second kappa shape index (κ2) is 8.34. The minimum absolute atomic E-state index is 0.0521. The van der Waals surface area contributed by atoms with E-state index in [0.29, 0.717) is 30.8 Å². The zero-order valence-electron chi connectivity index (χ0n) is 18.0. The Morgan fingerprint density at radius 2 is 1.53 bits per heavy atom. The number of hydrogen-bond acceptors (Lipinski definition) is 3. The van der Waals surface area contributed by atoms with Gasteiger partial charge in [0.05, 0.1) is 10.4 Å². The second-order valence-electron chi connectivity index (χ2n) is 8.98. The number of fused-ring (bicyclic) bond motifs is 1. The van der Waals surface area contributed by atoms with Crippen LogP contribution in [0.3, 0.4) is 0 Å². The highest BCUT2D eigenvalue weighted by molar-refractivity contribution is 7.89. The predicted molar refractivity (Wildman–Crippen MR) is 126 cm³/mol. The summed E-state index contributed by atoms with van der Waals surface area (Å²) in [6.45, 7) is 0.733. The number of piperidine rings is 1. The Morgan fingerprint density at radius 1 is 0.875 bits per heavy atom. The third-order valence-corrected chi connectivity index (χ3v) is 8.97. The molecule has 1 saturated carbocycles. The average Bonchev–Trinajstić information content (AvgIpc) is 2.81. The summed E-state index contributed by atoms with van der Waals surface area (Å²) in [6.07, 6.45) is 4.11. The van der Waals surface area contributed by atoms with E-state index in [4.69, 9.17) is 0 Å². The number of carbonyl (C=O) groups excluding carboxylic acids is 1. The number of amides is 1. The summed E-state index contributed by atoms with van der Waals surface area (Å²) in [7, 11) is -3.57. The Hall–Kier alpha value is -2.70. The molecule has 0 spiro atoms. The van der Waals surface area contributed by atoms with Gasteiger partial charge in [0.1, 0.15) is 0 Å². The fraction of sp³-hybridized carbons (Fsp3) is 0.346. The number of carbonyl (C=O) groups is 1. The summed E-state index contributed by atoms with van der Waals surface area (Å²) in [5.41, 5.74) is 0.906. The van der Waals surface area contributed by atoms with Crippen molar-refractivity contribution in [3.05, 3.63) is 78.4 Å². The van der Waals surface area contributed by atoms with Gasteiger partial charge in [-0.2, -0.15) is 4.31 Å². The number of sulfonamides is 1. The molecular formula is C26H28N2O3S. The molecule has 2 fully saturated rings. The van der Waals surface area contributed by atoms with E-state index in [2.05, 4.69) is 17.4 Å². The molecule has 5 rings (SSSR count). The number of nitrogens with one attached hydrogen (secondary N) is 1. The maximum absolute atomic E-state index is 13.2. The van der Waals surface area contributed by atoms with Crippen molar-refractivity contribution in [3.63, 3.8) is 0 Å².